The first-order chi connectivity index (χ1) is 4.22. The average molecular weight is 181 g/mol. The van der Waals surface area contributed by atoms with Gasteiger partial charge >= 0.3 is 0 Å². The van der Waals surface area contributed by atoms with E-state index in [9.17, 15) is 0 Å². The summed E-state index contributed by atoms with van der Waals surface area (Å²) in [5.74, 6) is 0. The Balaban J connectivity index is 2.94. The van der Waals surface area contributed by atoms with E-state index in [-0.39, 0.29) is 4.84 Å². The number of aryl methyl sites for hydroxylation is 1. The minimum atomic E-state index is -0.365. The summed E-state index contributed by atoms with van der Waals surface area (Å²) in [5, 5.41) is 4.01. The zero-order chi connectivity index (χ0) is 6.85. The van der Waals surface area contributed by atoms with E-state index in [2.05, 4.69) is 0 Å². The highest BCUT2D eigenvalue weighted by molar-refractivity contribution is 7.08. The quantitative estimate of drug-likeness (QED) is 0.581. The Morgan fingerprint density at radius 3 is 2.33 bits per heavy atom. The molecule has 0 saturated carbocycles. The molecular formula is C6H6Cl2S. The van der Waals surface area contributed by atoms with Crippen molar-refractivity contribution in [3.05, 3.63) is 21.9 Å². The highest BCUT2D eigenvalue weighted by Crippen LogP contribution is 2.29. The summed E-state index contributed by atoms with van der Waals surface area (Å²) in [4.78, 5) is -0.365. The lowest BCUT2D eigenvalue weighted by molar-refractivity contribution is 1.31. The molecule has 0 unspecified atom stereocenters. The highest BCUT2D eigenvalue weighted by Gasteiger charge is 2.05. The predicted molar refractivity (Wildman–Crippen MR) is 43.5 cm³/mol. The van der Waals surface area contributed by atoms with Crippen LogP contribution in [0.2, 0.25) is 0 Å². The van der Waals surface area contributed by atoms with Gasteiger partial charge in [0.05, 0.1) is 0 Å². The maximum absolute atomic E-state index is 5.62. The topological polar surface area (TPSA) is 0 Å². The molecule has 0 bridgehead atoms. The molecule has 0 aliphatic carbocycles. The number of alkyl halides is 2. The zero-order valence-electron chi connectivity index (χ0n) is 4.90. The molecule has 0 spiro atoms. The summed E-state index contributed by atoms with van der Waals surface area (Å²) in [6.07, 6.45) is 0. The lowest BCUT2D eigenvalue weighted by atomic mass is 10.2. The third-order valence-corrected chi connectivity index (χ3v) is 2.48. The van der Waals surface area contributed by atoms with Crippen LogP contribution in [0.15, 0.2) is 10.8 Å². The first-order valence-corrected chi connectivity index (χ1v) is 4.34. The van der Waals surface area contributed by atoms with E-state index in [1.165, 1.54) is 5.56 Å². The van der Waals surface area contributed by atoms with Crippen LogP contribution in [0, 0.1) is 6.92 Å². The maximum atomic E-state index is 5.62. The third kappa shape index (κ3) is 1.60. The largest absolute Gasteiger partial charge is 0.152 e. The molecule has 0 radical (unpaired) electrons. The van der Waals surface area contributed by atoms with E-state index in [0.29, 0.717) is 0 Å². The summed E-state index contributed by atoms with van der Waals surface area (Å²) in [6, 6.07) is 0. The molecule has 0 saturated heterocycles. The second kappa shape index (κ2) is 2.91. The first kappa shape index (κ1) is 7.39. The Bertz CT molecular complexity index is 193. The normalized spacial score (nSPS) is 10.7. The molecule has 1 aromatic rings. The minimum absolute atomic E-state index is 0.365. The zero-order valence-corrected chi connectivity index (χ0v) is 7.22. The monoisotopic (exact) mass is 180 g/mol. The van der Waals surface area contributed by atoms with Crippen LogP contribution in [0.25, 0.3) is 0 Å². The van der Waals surface area contributed by atoms with Gasteiger partial charge in [-0.25, -0.2) is 0 Å². The van der Waals surface area contributed by atoms with Crippen LogP contribution in [0.3, 0.4) is 0 Å². The molecule has 0 N–H and O–H groups in total. The number of hydrogen-bond acceptors (Lipinski definition) is 1. The van der Waals surface area contributed by atoms with E-state index in [4.69, 9.17) is 23.2 Å². The maximum Gasteiger partial charge on any atom is 0.133 e. The van der Waals surface area contributed by atoms with Gasteiger partial charge in [0.25, 0.3) is 0 Å². The van der Waals surface area contributed by atoms with Gasteiger partial charge in [0.1, 0.15) is 4.84 Å². The summed E-state index contributed by atoms with van der Waals surface area (Å²) in [6.45, 7) is 2.00. The van der Waals surface area contributed by atoms with Crippen LogP contribution in [0.5, 0.6) is 0 Å². The Kier molecular flexibility index (Phi) is 2.39. The van der Waals surface area contributed by atoms with Gasteiger partial charge in [0.15, 0.2) is 0 Å². The van der Waals surface area contributed by atoms with E-state index in [1.54, 1.807) is 11.3 Å². The number of hydrogen-bond donors (Lipinski definition) is 0. The van der Waals surface area contributed by atoms with Gasteiger partial charge in [0, 0.05) is 0 Å². The summed E-state index contributed by atoms with van der Waals surface area (Å²) in [7, 11) is 0. The molecule has 9 heavy (non-hydrogen) atoms. The van der Waals surface area contributed by atoms with Crippen LogP contribution in [0.1, 0.15) is 16.0 Å². The smallest absolute Gasteiger partial charge is 0.133 e. The number of thiophene rings is 1. The Morgan fingerprint density at radius 1 is 1.44 bits per heavy atom. The fraction of sp³-hybridized carbons (Fsp3) is 0.333. The van der Waals surface area contributed by atoms with E-state index in [1.807, 2.05) is 17.7 Å². The molecule has 1 rings (SSSR count). The molecule has 1 heterocycles. The van der Waals surface area contributed by atoms with Crippen molar-refractivity contribution in [2.24, 2.45) is 0 Å². The predicted octanol–water partition coefficient (Wildman–Crippen LogP) is 3.53. The SMILES string of the molecule is Cc1cscc1C(Cl)Cl. The fourth-order valence-electron chi connectivity index (χ4n) is 0.594. The van der Waals surface area contributed by atoms with E-state index < -0.39 is 0 Å². The molecular weight excluding hydrogens is 175 g/mol. The van der Waals surface area contributed by atoms with Gasteiger partial charge < -0.3 is 0 Å². The Morgan fingerprint density at radius 2 is 2.11 bits per heavy atom. The molecule has 0 aliphatic heterocycles. The highest BCUT2D eigenvalue weighted by atomic mass is 35.5. The summed E-state index contributed by atoms with van der Waals surface area (Å²) >= 11 is 12.9. The van der Waals surface area contributed by atoms with Crippen molar-refractivity contribution in [3.63, 3.8) is 0 Å². The van der Waals surface area contributed by atoms with Crippen molar-refractivity contribution in [1.29, 1.82) is 0 Å². The molecule has 0 aliphatic rings. The molecule has 1 aromatic heterocycles. The molecule has 0 fully saturated rings. The van der Waals surface area contributed by atoms with Crippen molar-refractivity contribution in [1.82, 2.24) is 0 Å². The minimum Gasteiger partial charge on any atom is -0.152 e. The van der Waals surface area contributed by atoms with Crippen LogP contribution in [-0.4, -0.2) is 0 Å². The standard InChI is InChI=1S/C6H6Cl2S/c1-4-2-9-3-5(4)6(7)8/h2-3,6H,1H3. The third-order valence-electron chi connectivity index (χ3n) is 1.13. The van der Waals surface area contributed by atoms with Gasteiger partial charge in [-0.3, -0.25) is 0 Å². The second-order valence-corrected chi connectivity index (χ2v) is 3.65. The molecule has 0 aromatic carbocycles. The lowest BCUT2D eigenvalue weighted by Crippen LogP contribution is -1.78. The molecule has 3 heteroatoms. The van der Waals surface area contributed by atoms with Gasteiger partial charge in [0.2, 0.25) is 0 Å². The van der Waals surface area contributed by atoms with Crippen molar-refractivity contribution in [3.8, 4) is 0 Å². The van der Waals surface area contributed by atoms with Crippen LogP contribution >= 0.6 is 34.5 Å². The Labute approximate surface area is 68.4 Å². The number of rotatable bonds is 1. The van der Waals surface area contributed by atoms with Crippen molar-refractivity contribution >= 4 is 34.5 Å². The van der Waals surface area contributed by atoms with Gasteiger partial charge in [-0.15, -0.1) is 23.2 Å². The first-order valence-electron chi connectivity index (χ1n) is 2.52. The van der Waals surface area contributed by atoms with Crippen LogP contribution in [-0.2, 0) is 0 Å². The molecule has 0 atom stereocenters. The van der Waals surface area contributed by atoms with Crippen LogP contribution in [0.4, 0.5) is 0 Å². The van der Waals surface area contributed by atoms with E-state index in [0.717, 1.165) is 5.56 Å². The van der Waals surface area contributed by atoms with Crippen molar-refractivity contribution in [2.75, 3.05) is 0 Å². The molecule has 50 valence electrons. The number of halogens is 2. The van der Waals surface area contributed by atoms with E-state index >= 15 is 0 Å². The summed E-state index contributed by atoms with van der Waals surface area (Å²) in [5.41, 5.74) is 2.21. The van der Waals surface area contributed by atoms with Gasteiger partial charge in [-0.1, -0.05) is 0 Å². The fourth-order valence-corrected chi connectivity index (χ4v) is 2.09. The van der Waals surface area contributed by atoms with Crippen molar-refractivity contribution in [2.45, 2.75) is 11.8 Å². The van der Waals surface area contributed by atoms with Gasteiger partial charge in [-0.05, 0) is 28.8 Å². The average Bonchev–Trinajstić information content (AvgIpc) is 2.13. The van der Waals surface area contributed by atoms with Crippen molar-refractivity contribution < 1.29 is 0 Å². The summed E-state index contributed by atoms with van der Waals surface area (Å²) < 4.78 is 0. The second-order valence-electron chi connectivity index (χ2n) is 1.81. The molecule has 0 nitrogen and oxygen atoms in total. The molecule has 0 amide bonds. The lowest BCUT2D eigenvalue weighted by Gasteiger charge is -1.96. The Hall–Kier alpha value is 0.280. The van der Waals surface area contributed by atoms with Gasteiger partial charge in [-0.2, -0.15) is 11.3 Å². The van der Waals surface area contributed by atoms with Crippen LogP contribution < -0.4 is 0 Å².